The summed E-state index contributed by atoms with van der Waals surface area (Å²) < 4.78 is 0. The predicted molar refractivity (Wildman–Crippen MR) is 72.1 cm³/mol. The van der Waals surface area contributed by atoms with E-state index >= 15 is 0 Å². The maximum atomic E-state index is 11.1. The van der Waals surface area contributed by atoms with Crippen LogP contribution in [0.25, 0.3) is 0 Å². The average molecular weight is 298 g/mol. The monoisotopic (exact) mass is 297 g/mol. The Labute approximate surface area is 119 Å². The van der Waals surface area contributed by atoms with Crippen molar-refractivity contribution in [2.24, 2.45) is 0 Å². The van der Waals surface area contributed by atoms with Gasteiger partial charge in [-0.2, -0.15) is 0 Å². The van der Waals surface area contributed by atoms with Crippen molar-refractivity contribution in [2.75, 3.05) is 0 Å². The number of aromatic carboxylic acids is 1. The molecule has 0 amide bonds. The number of nitrogens with zero attached hydrogens (tertiary/aromatic N) is 1. The van der Waals surface area contributed by atoms with Crippen molar-refractivity contribution in [3.8, 4) is 5.75 Å². The van der Waals surface area contributed by atoms with Crippen molar-refractivity contribution in [2.45, 2.75) is 6.42 Å². The highest BCUT2D eigenvalue weighted by Gasteiger charge is 2.13. The third-order valence-electron chi connectivity index (χ3n) is 2.64. The smallest absolute Gasteiger partial charge is 0.337 e. The maximum absolute atomic E-state index is 11.1. The number of rotatable bonds is 3. The minimum absolute atomic E-state index is 0.0254. The first-order chi connectivity index (χ1) is 8.99. The molecular weight excluding hydrogens is 289 g/mol. The van der Waals surface area contributed by atoms with Crippen LogP contribution < -0.4 is 0 Å². The Balaban J connectivity index is 2.42. The second-order valence-electron chi connectivity index (χ2n) is 3.91. The van der Waals surface area contributed by atoms with Crippen molar-refractivity contribution >= 4 is 29.2 Å². The molecule has 0 saturated heterocycles. The Morgan fingerprint density at radius 2 is 1.89 bits per heavy atom. The summed E-state index contributed by atoms with van der Waals surface area (Å²) >= 11 is 11.7. The van der Waals surface area contributed by atoms with Gasteiger partial charge in [0.2, 0.25) is 0 Å². The minimum atomic E-state index is -1.07. The SMILES string of the molecule is O=C(O)c1cnccc1Cc1cc(Cl)c(Cl)cc1O. The van der Waals surface area contributed by atoms with E-state index in [1.165, 1.54) is 24.5 Å². The Hall–Kier alpha value is -1.78. The van der Waals surface area contributed by atoms with Crippen LogP contribution in [0.15, 0.2) is 30.6 Å². The fourth-order valence-electron chi connectivity index (χ4n) is 1.69. The fourth-order valence-corrected chi connectivity index (χ4v) is 2.04. The van der Waals surface area contributed by atoms with Gasteiger partial charge in [0.25, 0.3) is 0 Å². The zero-order valence-electron chi connectivity index (χ0n) is 9.60. The van der Waals surface area contributed by atoms with E-state index in [-0.39, 0.29) is 22.8 Å². The first-order valence-electron chi connectivity index (χ1n) is 5.32. The number of aromatic nitrogens is 1. The summed E-state index contributed by atoms with van der Waals surface area (Å²) in [6, 6.07) is 4.44. The highest BCUT2D eigenvalue weighted by molar-refractivity contribution is 6.42. The molecule has 2 rings (SSSR count). The molecule has 0 fully saturated rings. The van der Waals surface area contributed by atoms with E-state index in [0.29, 0.717) is 16.1 Å². The number of carbonyl (C=O) groups is 1. The van der Waals surface area contributed by atoms with E-state index in [0.717, 1.165) is 0 Å². The van der Waals surface area contributed by atoms with Crippen LogP contribution in [0.1, 0.15) is 21.5 Å². The molecule has 19 heavy (non-hydrogen) atoms. The number of phenols is 1. The van der Waals surface area contributed by atoms with Gasteiger partial charge < -0.3 is 10.2 Å². The molecule has 0 radical (unpaired) electrons. The molecule has 0 spiro atoms. The lowest BCUT2D eigenvalue weighted by molar-refractivity contribution is 0.0695. The normalized spacial score (nSPS) is 10.4. The van der Waals surface area contributed by atoms with Gasteiger partial charge >= 0.3 is 5.97 Å². The first kappa shape index (κ1) is 13.6. The molecule has 0 saturated carbocycles. The summed E-state index contributed by atoms with van der Waals surface area (Å²) in [7, 11) is 0. The minimum Gasteiger partial charge on any atom is -0.508 e. The van der Waals surface area contributed by atoms with Gasteiger partial charge in [0.1, 0.15) is 5.75 Å². The molecule has 2 N–H and O–H groups in total. The lowest BCUT2D eigenvalue weighted by atomic mass is 10.0. The van der Waals surface area contributed by atoms with E-state index in [1.807, 2.05) is 0 Å². The Morgan fingerprint density at radius 3 is 2.58 bits per heavy atom. The topological polar surface area (TPSA) is 70.4 Å². The van der Waals surface area contributed by atoms with Crippen LogP contribution in [-0.2, 0) is 6.42 Å². The first-order valence-corrected chi connectivity index (χ1v) is 6.07. The molecule has 6 heteroatoms. The number of hydrogen-bond acceptors (Lipinski definition) is 3. The summed E-state index contributed by atoms with van der Waals surface area (Å²) in [5.74, 6) is -1.09. The summed E-state index contributed by atoms with van der Waals surface area (Å²) in [4.78, 5) is 14.8. The molecular formula is C13H9Cl2NO3. The van der Waals surface area contributed by atoms with Crippen molar-refractivity contribution in [1.82, 2.24) is 4.98 Å². The van der Waals surface area contributed by atoms with Gasteiger partial charge in [-0.05, 0) is 23.3 Å². The summed E-state index contributed by atoms with van der Waals surface area (Å²) in [6.45, 7) is 0. The summed E-state index contributed by atoms with van der Waals surface area (Å²) in [6.07, 6.45) is 3.00. The van der Waals surface area contributed by atoms with Crippen LogP contribution in [-0.4, -0.2) is 21.2 Å². The molecule has 0 aliphatic rings. The zero-order valence-corrected chi connectivity index (χ0v) is 11.1. The Bertz CT molecular complexity index is 644. The number of halogens is 2. The second kappa shape index (κ2) is 5.47. The molecule has 0 aliphatic carbocycles. The fraction of sp³-hybridized carbons (Fsp3) is 0.0769. The van der Waals surface area contributed by atoms with E-state index in [9.17, 15) is 9.90 Å². The second-order valence-corrected chi connectivity index (χ2v) is 4.72. The van der Waals surface area contributed by atoms with Gasteiger partial charge in [-0.25, -0.2) is 4.79 Å². The van der Waals surface area contributed by atoms with E-state index in [1.54, 1.807) is 6.07 Å². The third-order valence-corrected chi connectivity index (χ3v) is 3.37. The highest BCUT2D eigenvalue weighted by atomic mass is 35.5. The summed E-state index contributed by atoms with van der Waals surface area (Å²) in [5.41, 5.74) is 1.13. The zero-order chi connectivity index (χ0) is 14.0. The predicted octanol–water partition coefficient (Wildman–Crippen LogP) is 3.38. The van der Waals surface area contributed by atoms with E-state index < -0.39 is 5.97 Å². The lowest BCUT2D eigenvalue weighted by Gasteiger charge is -2.08. The molecule has 2 aromatic rings. The number of benzene rings is 1. The lowest BCUT2D eigenvalue weighted by Crippen LogP contribution is -2.04. The van der Waals surface area contributed by atoms with Crippen molar-refractivity contribution < 1.29 is 15.0 Å². The molecule has 1 aromatic heterocycles. The highest BCUT2D eigenvalue weighted by Crippen LogP contribution is 2.31. The van der Waals surface area contributed by atoms with Gasteiger partial charge in [0.05, 0.1) is 15.6 Å². The molecule has 1 aromatic carbocycles. The Morgan fingerprint density at radius 1 is 1.21 bits per heavy atom. The molecule has 1 heterocycles. The number of pyridine rings is 1. The maximum Gasteiger partial charge on any atom is 0.337 e. The molecule has 4 nitrogen and oxygen atoms in total. The van der Waals surface area contributed by atoms with Crippen molar-refractivity contribution in [1.29, 1.82) is 0 Å². The third kappa shape index (κ3) is 2.97. The standard InChI is InChI=1S/C13H9Cl2NO3/c14-10-4-8(12(17)5-11(10)15)3-7-1-2-16-6-9(7)13(18)19/h1-2,4-6,17H,3H2,(H,18,19). The van der Waals surface area contributed by atoms with E-state index in [4.69, 9.17) is 28.3 Å². The molecule has 0 unspecified atom stereocenters. The van der Waals surface area contributed by atoms with Crippen molar-refractivity contribution in [3.05, 3.63) is 57.3 Å². The molecule has 98 valence electrons. The number of carboxylic acids is 1. The largest absolute Gasteiger partial charge is 0.508 e. The van der Waals surface area contributed by atoms with Gasteiger partial charge in [-0.3, -0.25) is 4.98 Å². The Kier molecular flexibility index (Phi) is 3.93. The molecule has 0 bridgehead atoms. The number of aromatic hydroxyl groups is 1. The van der Waals surface area contributed by atoms with Gasteiger partial charge in [0.15, 0.2) is 0 Å². The van der Waals surface area contributed by atoms with Crippen LogP contribution in [0.3, 0.4) is 0 Å². The van der Waals surface area contributed by atoms with Crippen LogP contribution in [0.4, 0.5) is 0 Å². The number of phenolic OH excluding ortho intramolecular Hbond substituents is 1. The quantitative estimate of drug-likeness (QED) is 0.911. The molecule has 0 aliphatic heterocycles. The van der Waals surface area contributed by atoms with Crippen molar-refractivity contribution in [3.63, 3.8) is 0 Å². The van der Waals surface area contributed by atoms with Gasteiger partial charge in [-0.15, -0.1) is 0 Å². The van der Waals surface area contributed by atoms with Crippen LogP contribution in [0.2, 0.25) is 10.0 Å². The molecule has 0 atom stereocenters. The van der Waals surface area contributed by atoms with E-state index in [2.05, 4.69) is 4.98 Å². The van der Waals surface area contributed by atoms with Crippen LogP contribution in [0.5, 0.6) is 5.75 Å². The average Bonchev–Trinajstić information content (AvgIpc) is 2.36. The van der Waals surface area contributed by atoms with Gasteiger partial charge in [-0.1, -0.05) is 23.2 Å². The summed E-state index contributed by atoms with van der Waals surface area (Å²) in [5, 5.41) is 19.4. The van der Waals surface area contributed by atoms with Crippen LogP contribution in [0, 0.1) is 0 Å². The number of hydrogen-bond donors (Lipinski definition) is 2. The number of carboxylic acid groups (broad SMARTS) is 1. The van der Waals surface area contributed by atoms with Gasteiger partial charge in [0, 0.05) is 24.9 Å². The van der Waals surface area contributed by atoms with Crippen LogP contribution >= 0.6 is 23.2 Å².